The van der Waals surface area contributed by atoms with Crippen molar-refractivity contribution in [3.05, 3.63) is 63.2 Å². The van der Waals surface area contributed by atoms with Gasteiger partial charge in [0.25, 0.3) is 5.69 Å². The fraction of sp³-hybridized carbons (Fsp3) is 0.0769. The lowest BCUT2D eigenvalue weighted by Crippen LogP contribution is -2.07. The molecule has 0 bridgehead atoms. The van der Waals surface area contributed by atoms with Gasteiger partial charge < -0.3 is 5.73 Å². The van der Waals surface area contributed by atoms with Gasteiger partial charge >= 0.3 is 0 Å². The van der Waals surface area contributed by atoms with Crippen molar-refractivity contribution in [1.29, 1.82) is 0 Å². The highest BCUT2D eigenvalue weighted by atomic mass is 35.5. The first-order chi connectivity index (χ1) is 9.79. The van der Waals surface area contributed by atoms with Crippen LogP contribution in [0, 0.1) is 10.1 Å². The number of halogens is 1. The molecule has 0 saturated carbocycles. The molecule has 0 heterocycles. The first-order valence-corrected chi connectivity index (χ1v) is 7.84. The number of hydrogen-bond acceptors (Lipinski definition) is 5. The molecule has 0 radical (unpaired) electrons. The molecule has 0 saturated heterocycles. The van der Waals surface area contributed by atoms with E-state index in [9.17, 15) is 18.5 Å². The number of nitrogen functional groups attached to an aromatic ring is 1. The number of benzene rings is 2. The molecule has 2 rings (SSSR count). The van der Waals surface area contributed by atoms with Crippen molar-refractivity contribution in [2.24, 2.45) is 0 Å². The molecule has 0 atom stereocenters. The Kier molecular flexibility index (Phi) is 4.15. The highest BCUT2D eigenvalue weighted by Crippen LogP contribution is 2.27. The minimum absolute atomic E-state index is 0.0109. The summed E-state index contributed by atoms with van der Waals surface area (Å²) in [6, 6.07) is 9.58. The summed E-state index contributed by atoms with van der Waals surface area (Å²) in [6.45, 7) is 0. The molecule has 0 aliphatic heterocycles. The molecule has 8 heteroatoms. The summed E-state index contributed by atoms with van der Waals surface area (Å²) in [4.78, 5) is 10.3. The van der Waals surface area contributed by atoms with Gasteiger partial charge in [0.05, 0.1) is 15.6 Å². The van der Waals surface area contributed by atoms with E-state index in [1.54, 1.807) is 6.07 Å². The van der Waals surface area contributed by atoms with Crippen molar-refractivity contribution in [3.8, 4) is 0 Å². The van der Waals surface area contributed by atoms with Crippen LogP contribution in [0.5, 0.6) is 0 Å². The zero-order valence-corrected chi connectivity index (χ0v) is 12.3. The van der Waals surface area contributed by atoms with Crippen LogP contribution in [0.1, 0.15) is 5.56 Å². The normalized spacial score (nSPS) is 11.3. The lowest BCUT2D eigenvalue weighted by atomic mass is 10.2. The van der Waals surface area contributed by atoms with Crippen LogP contribution in [-0.2, 0) is 15.6 Å². The summed E-state index contributed by atoms with van der Waals surface area (Å²) in [5, 5.41) is 11.2. The summed E-state index contributed by atoms with van der Waals surface area (Å²) < 4.78 is 24.6. The lowest BCUT2D eigenvalue weighted by Gasteiger charge is -2.06. The highest BCUT2D eigenvalue weighted by molar-refractivity contribution is 7.90. The Labute approximate surface area is 126 Å². The number of nitrogens with two attached hydrogens (primary N) is 1. The number of anilines is 1. The van der Waals surface area contributed by atoms with E-state index in [-0.39, 0.29) is 21.2 Å². The minimum atomic E-state index is -3.75. The Morgan fingerprint density at radius 1 is 1.19 bits per heavy atom. The van der Waals surface area contributed by atoms with Gasteiger partial charge in [-0.2, -0.15) is 0 Å². The van der Waals surface area contributed by atoms with Gasteiger partial charge in [0.15, 0.2) is 9.84 Å². The van der Waals surface area contributed by atoms with Crippen LogP contribution in [-0.4, -0.2) is 13.3 Å². The van der Waals surface area contributed by atoms with Crippen LogP contribution in [0.25, 0.3) is 0 Å². The number of rotatable bonds is 4. The molecule has 0 amide bonds. The standard InChI is InChI=1S/C13H11ClN2O4S/c14-10-4-5-13(16(17)18)9(6-10)8-21(19,20)12-3-1-2-11(15)7-12/h1-7H,8,15H2. The van der Waals surface area contributed by atoms with Crippen molar-refractivity contribution < 1.29 is 13.3 Å². The largest absolute Gasteiger partial charge is 0.399 e. The van der Waals surface area contributed by atoms with Crippen molar-refractivity contribution in [2.45, 2.75) is 10.6 Å². The second-order valence-electron chi connectivity index (χ2n) is 4.36. The summed E-state index contributed by atoms with van der Waals surface area (Å²) in [6.07, 6.45) is 0. The average Bonchev–Trinajstić information content (AvgIpc) is 2.38. The van der Waals surface area contributed by atoms with Gasteiger partial charge in [-0.05, 0) is 30.3 Å². The second-order valence-corrected chi connectivity index (χ2v) is 6.79. The van der Waals surface area contributed by atoms with Crippen LogP contribution in [0.4, 0.5) is 11.4 Å². The molecule has 2 N–H and O–H groups in total. The molecule has 21 heavy (non-hydrogen) atoms. The van der Waals surface area contributed by atoms with Gasteiger partial charge in [0.1, 0.15) is 0 Å². The first-order valence-electron chi connectivity index (χ1n) is 5.81. The van der Waals surface area contributed by atoms with E-state index in [0.29, 0.717) is 5.69 Å². The number of nitro benzene ring substituents is 1. The lowest BCUT2D eigenvalue weighted by molar-refractivity contribution is -0.385. The van der Waals surface area contributed by atoms with Gasteiger partial charge in [0, 0.05) is 22.3 Å². The molecule has 0 unspecified atom stereocenters. The molecular weight excluding hydrogens is 316 g/mol. The summed E-state index contributed by atoms with van der Waals surface area (Å²) in [5.74, 6) is -0.521. The summed E-state index contributed by atoms with van der Waals surface area (Å²) in [5.41, 5.74) is 5.61. The topological polar surface area (TPSA) is 103 Å². The summed E-state index contributed by atoms with van der Waals surface area (Å²) in [7, 11) is -3.75. The molecule has 2 aromatic rings. The van der Waals surface area contributed by atoms with Gasteiger partial charge in [-0.1, -0.05) is 17.7 Å². The van der Waals surface area contributed by atoms with Crippen LogP contribution in [0.3, 0.4) is 0 Å². The maximum absolute atomic E-state index is 12.3. The molecule has 0 aliphatic rings. The fourth-order valence-corrected chi connectivity index (χ4v) is 3.45. The quantitative estimate of drug-likeness (QED) is 0.528. The third-order valence-electron chi connectivity index (χ3n) is 2.80. The molecule has 0 fully saturated rings. The van der Waals surface area contributed by atoms with E-state index >= 15 is 0 Å². The van der Waals surface area contributed by atoms with E-state index < -0.39 is 20.5 Å². The molecule has 0 aromatic heterocycles. The maximum atomic E-state index is 12.3. The Morgan fingerprint density at radius 3 is 2.52 bits per heavy atom. The summed E-state index contributed by atoms with van der Waals surface area (Å²) >= 11 is 5.78. The van der Waals surface area contributed by atoms with Crippen molar-refractivity contribution in [3.63, 3.8) is 0 Å². The van der Waals surface area contributed by atoms with Gasteiger partial charge in [-0.3, -0.25) is 10.1 Å². The van der Waals surface area contributed by atoms with E-state index in [4.69, 9.17) is 17.3 Å². The van der Waals surface area contributed by atoms with Crippen LogP contribution in [0.2, 0.25) is 5.02 Å². The van der Waals surface area contributed by atoms with Crippen molar-refractivity contribution >= 4 is 32.8 Å². The van der Waals surface area contributed by atoms with Gasteiger partial charge in [-0.25, -0.2) is 8.42 Å². The molecule has 0 spiro atoms. The maximum Gasteiger partial charge on any atom is 0.273 e. The third-order valence-corrected chi connectivity index (χ3v) is 4.70. The predicted octanol–water partition coefficient (Wildman–Crippen LogP) is 2.80. The molecular formula is C13H11ClN2O4S. The SMILES string of the molecule is Nc1cccc(S(=O)(=O)Cc2cc(Cl)ccc2[N+](=O)[O-])c1. The Bertz CT molecular complexity index is 806. The van der Waals surface area contributed by atoms with Crippen LogP contribution >= 0.6 is 11.6 Å². The number of nitro groups is 1. The van der Waals surface area contributed by atoms with E-state index in [1.807, 2.05) is 0 Å². The third kappa shape index (κ3) is 3.50. The molecule has 110 valence electrons. The number of sulfone groups is 1. The number of hydrogen-bond donors (Lipinski definition) is 1. The van der Waals surface area contributed by atoms with Crippen molar-refractivity contribution in [1.82, 2.24) is 0 Å². The van der Waals surface area contributed by atoms with E-state index in [2.05, 4.69) is 0 Å². The van der Waals surface area contributed by atoms with Crippen LogP contribution in [0.15, 0.2) is 47.4 Å². The molecule has 6 nitrogen and oxygen atoms in total. The van der Waals surface area contributed by atoms with Crippen molar-refractivity contribution in [2.75, 3.05) is 5.73 Å². The minimum Gasteiger partial charge on any atom is -0.399 e. The Balaban J connectivity index is 2.46. The Morgan fingerprint density at radius 2 is 1.90 bits per heavy atom. The van der Waals surface area contributed by atoms with Gasteiger partial charge in [-0.15, -0.1) is 0 Å². The average molecular weight is 327 g/mol. The number of nitrogens with zero attached hydrogens (tertiary/aromatic N) is 1. The molecule has 2 aromatic carbocycles. The second kappa shape index (κ2) is 5.71. The fourth-order valence-electron chi connectivity index (χ4n) is 1.84. The zero-order chi connectivity index (χ0) is 15.6. The van der Waals surface area contributed by atoms with Crippen LogP contribution < -0.4 is 5.73 Å². The monoisotopic (exact) mass is 326 g/mol. The molecule has 0 aliphatic carbocycles. The first kappa shape index (κ1) is 15.3. The van der Waals surface area contributed by atoms with Gasteiger partial charge in [0.2, 0.25) is 0 Å². The smallest absolute Gasteiger partial charge is 0.273 e. The van der Waals surface area contributed by atoms with E-state index in [1.165, 1.54) is 36.4 Å². The van der Waals surface area contributed by atoms with E-state index in [0.717, 1.165) is 0 Å². The highest BCUT2D eigenvalue weighted by Gasteiger charge is 2.22. The predicted molar refractivity (Wildman–Crippen MR) is 79.9 cm³/mol. The zero-order valence-electron chi connectivity index (χ0n) is 10.7. The Hall–Kier alpha value is -2.12.